The maximum Gasteiger partial charge on any atom is 0.293 e. The van der Waals surface area contributed by atoms with Crippen molar-refractivity contribution in [1.29, 1.82) is 0 Å². The van der Waals surface area contributed by atoms with Gasteiger partial charge in [-0.2, -0.15) is 0 Å². The summed E-state index contributed by atoms with van der Waals surface area (Å²) in [6, 6.07) is 21.6. The Bertz CT molecular complexity index is 1210. The molecule has 0 radical (unpaired) electrons. The van der Waals surface area contributed by atoms with Crippen LogP contribution in [0.25, 0.3) is 6.08 Å². The molecule has 0 atom stereocenters. The van der Waals surface area contributed by atoms with E-state index in [2.05, 4.69) is 5.32 Å². The quantitative estimate of drug-likeness (QED) is 0.496. The Morgan fingerprint density at radius 2 is 1.67 bits per heavy atom. The predicted octanol–water partition coefficient (Wildman–Crippen LogP) is 5.08. The zero-order chi connectivity index (χ0) is 23.2. The van der Waals surface area contributed by atoms with Crippen LogP contribution in [0.3, 0.4) is 0 Å². The molecule has 8 heteroatoms. The standard InChI is InChI=1S/C25H19FN2O4S/c26-19-12-10-17(11-13-19)15-28-24(30)22(33-25(28)31)14-18-6-4-5-9-21(18)32-16-23(29)27-20-7-2-1-3-8-20/h1-14H,15-16H2,(H,27,29)/b22-14+. The molecule has 0 saturated carbocycles. The second-order valence-electron chi connectivity index (χ2n) is 7.14. The van der Waals surface area contributed by atoms with Crippen molar-refractivity contribution in [3.8, 4) is 5.75 Å². The van der Waals surface area contributed by atoms with Crippen molar-refractivity contribution in [3.63, 3.8) is 0 Å². The van der Waals surface area contributed by atoms with E-state index in [0.29, 0.717) is 22.6 Å². The Hall–Kier alpha value is -3.91. The predicted molar refractivity (Wildman–Crippen MR) is 125 cm³/mol. The SMILES string of the molecule is O=C(COc1ccccc1/C=C1/SC(=O)N(Cc2ccc(F)cc2)C1=O)Nc1ccccc1. The zero-order valence-electron chi connectivity index (χ0n) is 17.4. The average molecular weight is 463 g/mol. The Morgan fingerprint density at radius 3 is 2.42 bits per heavy atom. The fraction of sp³-hybridized carbons (Fsp3) is 0.0800. The molecule has 1 N–H and O–H groups in total. The van der Waals surface area contributed by atoms with Crippen LogP contribution in [0.1, 0.15) is 11.1 Å². The number of nitrogens with zero attached hydrogens (tertiary/aromatic N) is 1. The fourth-order valence-electron chi connectivity index (χ4n) is 3.14. The molecule has 1 heterocycles. The topological polar surface area (TPSA) is 75.7 Å². The van der Waals surface area contributed by atoms with Crippen LogP contribution in [-0.4, -0.2) is 28.6 Å². The van der Waals surface area contributed by atoms with Gasteiger partial charge >= 0.3 is 0 Å². The molecular formula is C25H19FN2O4S. The van der Waals surface area contributed by atoms with E-state index in [0.717, 1.165) is 16.7 Å². The van der Waals surface area contributed by atoms with Crippen molar-refractivity contribution in [2.45, 2.75) is 6.54 Å². The van der Waals surface area contributed by atoms with Crippen LogP contribution in [0.2, 0.25) is 0 Å². The van der Waals surface area contributed by atoms with Crippen molar-refractivity contribution in [1.82, 2.24) is 4.90 Å². The fourth-order valence-corrected chi connectivity index (χ4v) is 3.97. The van der Waals surface area contributed by atoms with E-state index in [4.69, 9.17) is 4.74 Å². The minimum atomic E-state index is -0.439. The lowest BCUT2D eigenvalue weighted by molar-refractivity contribution is -0.123. The lowest BCUT2D eigenvalue weighted by Gasteiger charge is -2.12. The first-order valence-corrected chi connectivity index (χ1v) is 10.9. The molecule has 3 aromatic carbocycles. The van der Waals surface area contributed by atoms with Crippen molar-refractivity contribution in [2.75, 3.05) is 11.9 Å². The summed E-state index contributed by atoms with van der Waals surface area (Å²) in [5.41, 5.74) is 1.87. The number of para-hydroxylation sites is 2. The van der Waals surface area contributed by atoms with Crippen molar-refractivity contribution in [3.05, 3.63) is 101 Å². The molecule has 0 aliphatic carbocycles. The number of benzene rings is 3. The van der Waals surface area contributed by atoms with Crippen molar-refractivity contribution < 1.29 is 23.5 Å². The van der Waals surface area contributed by atoms with E-state index in [-0.39, 0.29) is 29.8 Å². The number of rotatable bonds is 7. The van der Waals surface area contributed by atoms with E-state index < -0.39 is 11.1 Å². The Morgan fingerprint density at radius 1 is 0.970 bits per heavy atom. The first-order chi connectivity index (χ1) is 16.0. The van der Waals surface area contributed by atoms with Crippen LogP contribution in [-0.2, 0) is 16.1 Å². The van der Waals surface area contributed by atoms with Gasteiger partial charge in [-0.1, -0.05) is 48.5 Å². The number of anilines is 1. The van der Waals surface area contributed by atoms with Gasteiger partial charge < -0.3 is 10.1 Å². The summed E-state index contributed by atoms with van der Waals surface area (Å²) < 4.78 is 18.8. The maximum absolute atomic E-state index is 13.1. The summed E-state index contributed by atoms with van der Waals surface area (Å²) in [5.74, 6) is -0.741. The first kappa shape index (κ1) is 22.3. The highest BCUT2D eigenvalue weighted by molar-refractivity contribution is 8.18. The minimum Gasteiger partial charge on any atom is -0.483 e. The first-order valence-electron chi connectivity index (χ1n) is 10.1. The molecular weight excluding hydrogens is 443 g/mol. The average Bonchev–Trinajstić information content (AvgIpc) is 3.08. The molecule has 0 aromatic heterocycles. The molecule has 6 nitrogen and oxygen atoms in total. The van der Waals surface area contributed by atoms with Gasteiger partial charge in [-0.25, -0.2) is 4.39 Å². The zero-order valence-corrected chi connectivity index (χ0v) is 18.2. The number of imide groups is 1. The lowest BCUT2D eigenvalue weighted by atomic mass is 10.1. The van der Waals surface area contributed by atoms with Gasteiger partial charge in [0.15, 0.2) is 6.61 Å². The molecule has 0 spiro atoms. The van der Waals surface area contributed by atoms with E-state index in [1.54, 1.807) is 42.5 Å². The maximum atomic E-state index is 13.1. The van der Waals surface area contributed by atoms with Gasteiger partial charge in [0.1, 0.15) is 11.6 Å². The highest BCUT2D eigenvalue weighted by Gasteiger charge is 2.35. The molecule has 166 valence electrons. The number of carbonyl (C=O) groups is 3. The smallest absolute Gasteiger partial charge is 0.293 e. The van der Waals surface area contributed by atoms with E-state index >= 15 is 0 Å². The van der Waals surface area contributed by atoms with Crippen LogP contribution in [0.15, 0.2) is 83.8 Å². The number of ether oxygens (including phenoxy) is 1. The Balaban J connectivity index is 1.44. The number of halogens is 1. The van der Waals surface area contributed by atoms with E-state index in [1.165, 1.54) is 24.3 Å². The summed E-state index contributed by atoms with van der Waals surface area (Å²) in [4.78, 5) is 38.8. The largest absolute Gasteiger partial charge is 0.483 e. The van der Waals surface area contributed by atoms with Crippen LogP contribution in [0, 0.1) is 5.82 Å². The third-order valence-electron chi connectivity index (χ3n) is 4.75. The van der Waals surface area contributed by atoms with Crippen LogP contribution < -0.4 is 10.1 Å². The molecule has 1 aliphatic heterocycles. The normalized spacial score (nSPS) is 14.6. The lowest BCUT2D eigenvalue weighted by Crippen LogP contribution is -2.27. The molecule has 1 fully saturated rings. The summed E-state index contributed by atoms with van der Waals surface area (Å²) in [6.07, 6.45) is 1.57. The Labute approximate surface area is 194 Å². The second kappa shape index (κ2) is 10.1. The molecule has 0 bridgehead atoms. The number of carbonyl (C=O) groups excluding carboxylic acids is 3. The van der Waals surface area contributed by atoms with Gasteiger partial charge in [0.2, 0.25) is 0 Å². The van der Waals surface area contributed by atoms with E-state index in [1.807, 2.05) is 18.2 Å². The van der Waals surface area contributed by atoms with Crippen LogP contribution >= 0.6 is 11.8 Å². The summed E-state index contributed by atoms with van der Waals surface area (Å²) >= 11 is 0.824. The summed E-state index contributed by atoms with van der Waals surface area (Å²) in [7, 11) is 0. The number of nitrogens with one attached hydrogen (secondary N) is 1. The number of amides is 3. The van der Waals surface area contributed by atoms with E-state index in [9.17, 15) is 18.8 Å². The summed E-state index contributed by atoms with van der Waals surface area (Å²) in [5, 5.41) is 2.33. The van der Waals surface area contributed by atoms with Crippen molar-refractivity contribution in [2.24, 2.45) is 0 Å². The van der Waals surface area contributed by atoms with Crippen LogP contribution in [0.4, 0.5) is 14.9 Å². The van der Waals surface area contributed by atoms with Crippen LogP contribution in [0.5, 0.6) is 5.75 Å². The number of hydrogen-bond donors (Lipinski definition) is 1. The van der Waals surface area contributed by atoms with Gasteiger partial charge in [-0.3, -0.25) is 19.3 Å². The number of hydrogen-bond acceptors (Lipinski definition) is 5. The molecule has 4 rings (SSSR count). The summed E-state index contributed by atoms with van der Waals surface area (Å²) in [6.45, 7) is -0.161. The molecule has 3 amide bonds. The molecule has 33 heavy (non-hydrogen) atoms. The van der Waals surface area contributed by atoms with Gasteiger partial charge in [0, 0.05) is 11.3 Å². The van der Waals surface area contributed by atoms with Gasteiger partial charge in [0.25, 0.3) is 17.1 Å². The minimum absolute atomic E-state index is 0.0556. The monoisotopic (exact) mass is 462 g/mol. The number of thioether (sulfide) groups is 1. The third kappa shape index (κ3) is 5.67. The molecule has 0 unspecified atom stereocenters. The van der Waals surface area contributed by atoms with Gasteiger partial charge in [-0.05, 0) is 53.7 Å². The van der Waals surface area contributed by atoms with Gasteiger partial charge in [0.05, 0.1) is 11.4 Å². The third-order valence-corrected chi connectivity index (χ3v) is 5.66. The molecule has 1 aliphatic rings. The van der Waals surface area contributed by atoms with Crippen molar-refractivity contribution >= 4 is 40.6 Å². The molecule has 3 aromatic rings. The second-order valence-corrected chi connectivity index (χ2v) is 8.13. The molecule has 1 saturated heterocycles. The van der Waals surface area contributed by atoms with Gasteiger partial charge in [-0.15, -0.1) is 0 Å². The highest BCUT2D eigenvalue weighted by Crippen LogP contribution is 2.34. The highest BCUT2D eigenvalue weighted by atomic mass is 32.2. The Kier molecular flexibility index (Phi) is 6.85.